The summed E-state index contributed by atoms with van der Waals surface area (Å²) in [5.41, 5.74) is 5.89. The van der Waals surface area contributed by atoms with Crippen molar-refractivity contribution in [3.05, 3.63) is 27.4 Å². The van der Waals surface area contributed by atoms with Crippen molar-refractivity contribution >= 4 is 27.5 Å². The van der Waals surface area contributed by atoms with Gasteiger partial charge in [-0.05, 0) is 28.4 Å². The van der Waals surface area contributed by atoms with Crippen LogP contribution in [0.3, 0.4) is 0 Å². The molecule has 6 heteroatoms. The number of halogens is 3. The zero-order valence-electron chi connectivity index (χ0n) is 10.5. The van der Waals surface area contributed by atoms with Crippen LogP contribution in [-0.2, 0) is 4.74 Å². The van der Waals surface area contributed by atoms with Gasteiger partial charge in [0.05, 0.1) is 9.50 Å². The van der Waals surface area contributed by atoms with Crippen LogP contribution in [-0.4, -0.2) is 24.9 Å². The van der Waals surface area contributed by atoms with E-state index in [-0.39, 0.29) is 23.3 Å². The molecule has 0 aromatic heterocycles. The predicted molar refractivity (Wildman–Crippen MR) is 76.1 cm³/mol. The van der Waals surface area contributed by atoms with Crippen LogP contribution in [0, 0.1) is 5.82 Å². The van der Waals surface area contributed by atoms with Gasteiger partial charge in [0, 0.05) is 25.1 Å². The van der Waals surface area contributed by atoms with E-state index in [0.717, 1.165) is 6.42 Å². The summed E-state index contributed by atoms with van der Waals surface area (Å²) in [6.07, 6.45) is 1.35. The fourth-order valence-electron chi connectivity index (χ4n) is 1.97. The van der Waals surface area contributed by atoms with Crippen LogP contribution in [0.25, 0.3) is 0 Å². The van der Waals surface area contributed by atoms with E-state index in [1.165, 1.54) is 12.1 Å². The molecule has 0 bridgehead atoms. The molecule has 2 N–H and O–H groups in total. The van der Waals surface area contributed by atoms with Crippen molar-refractivity contribution in [2.45, 2.75) is 38.0 Å². The van der Waals surface area contributed by atoms with Crippen LogP contribution in [0.4, 0.5) is 4.39 Å². The van der Waals surface area contributed by atoms with Gasteiger partial charge in [-0.25, -0.2) is 4.39 Å². The van der Waals surface area contributed by atoms with E-state index in [1.54, 1.807) is 0 Å². The molecule has 3 atom stereocenters. The van der Waals surface area contributed by atoms with E-state index < -0.39 is 5.82 Å². The smallest absolute Gasteiger partial charge is 0.145 e. The van der Waals surface area contributed by atoms with Gasteiger partial charge in [0.25, 0.3) is 0 Å². The molecule has 1 aliphatic rings. The molecule has 0 spiro atoms. The zero-order chi connectivity index (χ0) is 14.0. The molecule has 0 aliphatic heterocycles. The van der Waals surface area contributed by atoms with E-state index in [0.29, 0.717) is 23.2 Å². The molecule has 1 aromatic carbocycles. The van der Waals surface area contributed by atoms with Crippen molar-refractivity contribution in [1.29, 1.82) is 0 Å². The minimum atomic E-state index is -0.505. The van der Waals surface area contributed by atoms with E-state index in [4.69, 9.17) is 26.8 Å². The van der Waals surface area contributed by atoms with Crippen molar-refractivity contribution in [3.63, 3.8) is 0 Å². The summed E-state index contributed by atoms with van der Waals surface area (Å²) >= 11 is 8.99. The SMILES string of the molecule is CCCOC1C(N)CC1Oc1cc(F)c(Cl)cc1Br. The number of hydrogen-bond donors (Lipinski definition) is 1. The molecule has 0 saturated heterocycles. The Labute approximate surface area is 125 Å². The largest absolute Gasteiger partial charge is 0.486 e. The van der Waals surface area contributed by atoms with E-state index in [2.05, 4.69) is 15.9 Å². The number of benzene rings is 1. The topological polar surface area (TPSA) is 44.5 Å². The molecular formula is C13H16BrClFNO2. The molecule has 0 heterocycles. The average Bonchev–Trinajstić information content (AvgIpc) is 2.35. The summed E-state index contributed by atoms with van der Waals surface area (Å²) in [5, 5.41) is 0.0586. The molecule has 3 unspecified atom stereocenters. The minimum absolute atomic E-state index is 0.0209. The first-order valence-corrected chi connectivity index (χ1v) is 7.38. The maximum atomic E-state index is 13.4. The van der Waals surface area contributed by atoms with Gasteiger partial charge in [-0.15, -0.1) is 0 Å². The fraction of sp³-hybridized carbons (Fsp3) is 0.538. The Hall–Kier alpha value is -0.360. The summed E-state index contributed by atoms with van der Waals surface area (Å²) in [7, 11) is 0. The first-order chi connectivity index (χ1) is 9.02. The summed E-state index contributed by atoms with van der Waals surface area (Å²) in [5.74, 6) is -0.0848. The monoisotopic (exact) mass is 351 g/mol. The highest BCUT2D eigenvalue weighted by atomic mass is 79.9. The van der Waals surface area contributed by atoms with Crippen LogP contribution < -0.4 is 10.5 Å². The highest BCUT2D eigenvalue weighted by Crippen LogP contribution is 2.35. The van der Waals surface area contributed by atoms with E-state index >= 15 is 0 Å². The average molecular weight is 353 g/mol. The van der Waals surface area contributed by atoms with Crippen LogP contribution >= 0.6 is 27.5 Å². The maximum absolute atomic E-state index is 13.4. The Bertz CT molecular complexity index is 461. The quantitative estimate of drug-likeness (QED) is 0.825. The molecule has 19 heavy (non-hydrogen) atoms. The molecule has 1 fully saturated rings. The molecule has 0 amide bonds. The first-order valence-electron chi connectivity index (χ1n) is 6.21. The number of nitrogens with two attached hydrogens (primary N) is 1. The lowest BCUT2D eigenvalue weighted by Crippen LogP contribution is -2.59. The predicted octanol–water partition coefficient (Wildman–Crippen LogP) is 3.52. The summed E-state index contributed by atoms with van der Waals surface area (Å²) in [6.45, 7) is 2.68. The second kappa shape index (κ2) is 6.39. The van der Waals surface area contributed by atoms with Crippen LogP contribution in [0.5, 0.6) is 5.75 Å². The minimum Gasteiger partial charge on any atom is -0.486 e. The normalized spacial score (nSPS) is 26.1. The Balaban J connectivity index is 2.03. The van der Waals surface area contributed by atoms with Crippen LogP contribution in [0.15, 0.2) is 16.6 Å². The summed E-state index contributed by atoms with van der Waals surface area (Å²) < 4.78 is 25.4. The third-order valence-electron chi connectivity index (χ3n) is 3.06. The second-order valence-corrected chi connectivity index (χ2v) is 5.85. The molecular weight excluding hydrogens is 337 g/mol. The van der Waals surface area contributed by atoms with Gasteiger partial charge in [0.15, 0.2) is 0 Å². The fourth-order valence-corrected chi connectivity index (χ4v) is 2.71. The van der Waals surface area contributed by atoms with Crippen molar-refractivity contribution in [3.8, 4) is 5.75 Å². The van der Waals surface area contributed by atoms with Gasteiger partial charge >= 0.3 is 0 Å². The molecule has 1 aromatic rings. The Morgan fingerprint density at radius 1 is 1.53 bits per heavy atom. The standard InChI is InChI=1S/C13H16BrClFNO2/c1-2-3-18-13-10(17)6-12(13)19-11-5-9(16)8(15)4-7(11)14/h4-5,10,12-13H,2-3,6,17H2,1H3. The van der Waals surface area contributed by atoms with Gasteiger partial charge < -0.3 is 15.2 Å². The van der Waals surface area contributed by atoms with E-state index in [1.807, 2.05) is 6.92 Å². The van der Waals surface area contributed by atoms with Crippen molar-refractivity contribution in [2.24, 2.45) is 5.73 Å². The van der Waals surface area contributed by atoms with Crippen molar-refractivity contribution in [1.82, 2.24) is 0 Å². The van der Waals surface area contributed by atoms with Gasteiger partial charge in [-0.2, -0.15) is 0 Å². The lowest BCUT2D eigenvalue weighted by molar-refractivity contribution is -0.0982. The lowest BCUT2D eigenvalue weighted by Gasteiger charge is -2.41. The molecule has 1 saturated carbocycles. The highest BCUT2D eigenvalue weighted by Gasteiger charge is 2.41. The molecule has 0 radical (unpaired) electrons. The van der Waals surface area contributed by atoms with Crippen molar-refractivity contribution < 1.29 is 13.9 Å². The third kappa shape index (κ3) is 3.40. The Kier molecular flexibility index (Phi) is 5.06. The molecule has 2 rings (SSSR count). The summed E-state index contributed by atoms with van der Waals surface area (Å²) in [6, 6.07) is 2.73. The van der Waals surface area contributed by atoms with E-state index in [9.17, 15) is 4.39 Å². The van der Waals surface area contributed by atoms with Crippen LogP contribution in [0.1, 0.15) is 19.8 Å². The summed E-state index contributed by atoms with van der Waals surface area (Å²) in [4.78, 5) is 0. The second-order valence-electron chi connectivity index (χ2n) is 4.59. The number of hydrogen-bond acceptors (Lipinski definition) is 3. The Morgan fingerprint density at radius 2 is 2.26 bits per heavy atom. The zero-order valence-corrected chi connectivity index (χ0v) is 12.9. The number of ether oxygens (including phenoxy) is 2. The maximum Gasteiger partial charge on any atom is 0.145 e. The van der Waals surface area contributed by atoms with Gasteiger partial charge in [0.1, 0.15) is 23.8 Å². The molecule has 3 nitrogen and oxygen atoms in total. The lowest BCUT2D eigenvalue weighted by atomic mass is 9.86. The Morgan fingerprint density at radius 3 is 2.89 bits per heavy atom. The third-order valence-corrected chi connectivity index (χ3v) is 3.97. The van der Waals surface area contributed by atoms with Gasteiger partial charge in [-0.1, -0.05) is 18.5 Å². The molecule has 1 aliphatic carbocycles. The molecule has 106 valence electrons. The van der Waals surface area contributed by atoms with Crippen LogP contribution in [0.2, 0.25) is 5.02 Å². The van der Waals surface area contributed by atoms with Gasteiger partial charge in [0.2, 0.25) is 0 Å². The van der Waals surface area contributed by atoms with Gasteiger partial charge in [-0.3, -0.25) is 0 Å². The highest BCUT2D eigenvalue weighted by molar-refractivity contribution is 9.10. The first kappa shape index (κ1) is 15.0. The number of rotatable bonds is 5. The van der Waals surface area contributed by atoms with Crippen molar-refractivity contribution in [2.75, 3.05) is 6.61 Å².